The zero-order valence-corrected chi connectivity index (χ0v) is 17.3. The number of nitrogens with zero attached hydrogens (tertiary/aromatic N) is 5. The molecule has 4 heterocycles. The molecular weight excluding hydrogens is 416 g/mol. The number of rotatable bonds is 4. The van der Waals surface area contributed by atoms with Crippen molar-refractivity contribution in [1.82, 2.24) is 24.7 Å². The van der Waals surface area contributed by atoms with Gasteiger partial charge in [-0.2, -0.15) is 0 Å². The van der Waals surface area contributed by atoms with Crippen molar-refractivity contribution in [2.45, 2.75) is 13.0 Å². The van der Waals surface area contributed by atoms with Crippen LogP contribution in [0.2, 0.25) is 0 Å². The normalized spacial score (nSPS) is 16.6. The average Bonchev–Trinajstić information content (AvgIpc) is 3.19. The highest BCUT2D eigenvalue weighted by Gasteiger charge is 2.23. The molecule has 4 aromatic rings. The maximum atomic E-state index is 14.4. The SMILES string of the molecule is Cc1cn2cc(NC(=O)c3ccc(N4CCN[C@@H](CF)C4)c4nccnc34)cc(F)c2n1. The molecule has 1 amide bonds. The fourth-order valence-electron chi connectivity index (χ4n) is 4.07. The predicted molar refractivity (Wildman–Crippen MR) is 117 cm³/mol. The molecule has 1 saturated heterocycles. The van der Waals surface area contributed by atoms with Gasteiger partial charge in [-0.3, -0.25) is 14.8 Å². The molecule has 1 atom stereocenters. The number of anilines is 2. The molecule has 1 fully saturated rings. The third-order valence-corrected chi connectivity index (χ3v) is 5.52. The van der Waals surface area contributed by atoms with Crippen LogP contribution in [-0.2, 0) is 0 Å². The van der Waals surface area contributed by atoms with Crippen molar-refractivity contribution >= 4 is 34.0 Å². The maximum absolute atomic E-state index is 14.4. The van der Waals surface area contributed by atoms with Crippen molar-refractivity contribution in [3.63, 3.8) is 0 Å². The van der Waals surface area contributed by atoms with Crippen LogP contribution in [0.15, 0.2) is 43.0 Å². The van der Waals surface area contributed by atoms with Crippen LogP contribution in [0.25, 0.3) is 16.7 Å². The number of carbonyl (C=O) groups is 1. The lowest BCUT2D eigenvalue weighted by molar-refractivity contribution is 0.102. The first-order valence-corrected chi connectivity index (χ1v) is 10.3. The number of hydrogen-bond donors (Lipinski definition) is 2. The predicted octanol–water partition coefficient (Wildman–Crippen LogP) is 2.73. The Morgan fingerprint density at radius 3 is 2.88 bits per heavy atom. The van der Waals surface area contributed by atoms with Gasteiger partial charge in [-0.15, -0.1) is 0 Å². The summed E-state index contributed by atoms with van der Waals surface area (Å²) in [5, 5.41) is 5.88. The summed E-state index contributed by atoms with van der Waals surface area (Å²) in [5.74, 6) is -0.961. The topological polar surface area (TPSA) is 87.5 Å². The lowest BCUT2D eigenvalue weighted by Gasteiger charge is -2.34. The van der Waals surface area contributed by atoms with E-state index >= 15 is 0 Å². The summed E-state index contributed by atoms with van der Waals surface area (Å²) in [5.41, 5.74) is 3.27. The molecule has 1 aromatic carbocycles. The fraction of sp³-hybridized carbons (Fsp3) is 0.273. The highest BCUT2D eigenvalue weighted by atomic mass is 19.1. The van der Waals surface area contributed by atoms with Crippen LogP contribution >= 0.6 is 0 Å². The van der Waals surface area contributed by atoms with E-state index in [0.717, 1.165) is 5.69 Å². The van der Waals surface area contributed by atoms with Gasteiger partial charge in [0.25, 0.3) is 5.91 Å². The van der Waals surface area contributed by atoms with Crippen LogP contribution in [0.3, 0.4) is 0 Å². The quantitative estimate of drug-likeness (QED) is 0.511. The number of aromatic nitrogens is 4. The number of nitrogens with one attached hydrogen (secondary N) is 2. The first-order valence-electron chi connectivity index (χ1n) is 10.3. The van der Waals surface area contributed by atoms with Crippen molar-refractivity contribution < 1.29 is 13.6 Å². The molecule has 8 nitrogen and oxygen atoms in total. The zero-order valence-electron chi connectivity index (χ0n) is 17.3. The summed E-state index contributed by atoms with van der Waals surface area (Å²) < 4.78 is 29.1. The molecule has 1 aliphatic heterocycles. The number of halogens is 2. The largest absolute Gasteiger partial charge is 0.367 e. The number of imidazole rings is 1. The summed E-state index contributed by atoms with van der Waals surface area (Å²) in [7, 11) is 0. The number of amides is 1. The van der Waals surface area contributed by atoms with E-state index < -0.39 is 18.4 Å². The minimum atomic E-state index is -0.531. The number of pyridine rings is 1. The number of benzene rings is 1. The highest BCUT2D eigenvalue weighted by Crippen LogP contribution is 2.28. The monoisotopic (exact) mass is 437 g/mol. The van der Waals surface area contributed by atoms with E-state index in [0.29, 0.717) is 47.6 Å². The Morgan fingerprint density at radius 2 is 2.06 bits per heavy atom. The van der Waals surface area contributed by atoms with Gasteiger partial charge in [0, 0.05) is 50.5 Å². The van der Waals surface area contributed by atoms with Gasteiger partial charge >= 0.3 is 0 Å². The number of alkyl halides is 1. The average molecular weight is 437 g/mol. The van der Waals surface area contributed by atoms with Gasteiger partial charge in [0.1, 0.15) is 17.7 Å². The van der Waals surface area contributed by atoms with Crippen LogP contribution in [-0.4, -0.2) is 57.6 Å². The maximum Gasteiger partial charge on any atom is 0.257 e. The Bertz CT molecular complexity index is 1320. The Hall–Kier alpha value is -3.66. The van der Waals surface area contributed by atoms with E-state index in [2.05, 4.69) is 25.6 Å². The molecule has 164 valence electrons. The lowest BCUT2D eigenvalue weighted by atomic mass is 10.1. The standard InChI is InChI=1S/C22H21F2N7O/c1-13-10-31-11-14(8-17(24)21(31)28-13)29-22(32)16-2-3-18(20-19(16)26-4-5-27-20)30-7-6-25-15(9-23)12-30/h2-5,8,10-11,15,25H,6-7,9,12H2,1H3,(H,29,32)/t15-/m0/s1. The molecule has 5 rings (SSSR count). The van der Waals surface area contributed by atoms with Crippen LogP contribution in [0.1, 0.15) is 16.1 Å². The first-order chi connectivity index (χ1) is 15.5. The molecule has 32 heavy (non-hydrogen) atoms. The Morgan fingerprint density at radius 1 is 1.25 bits per heavy atom. The number of hydrogen-bond acceptors (Lipinski definition) is 6. The second kappa shape index (κ2) is 8.12. The van der Waals surface area contributed by atoms with Crippen LogP contribution in [0.5, 0.6) is 0 Å². The van der Waals surface area contributed by atoms with Crippen molar-refractivity contribution in [2.24, 2.45) is 0 Å². The van der Waals surface area contributed by atoms with Gasteiger partial charge in [0.15, 0.2) is 11.5 Å². The van der Waals surface area contributed by atoms with Crippen LogP contribution < -0.4 is 15.5 Å². The van der Waals surface area contributed by atoms with Crippen molar-refractivity contribution in [2.75, 3.05) is 36.5 Å². The van der Waals surface area contributed by atoms with Crippen LogP contribution in [0.4, 0.5) is 20.2 Å². The van der Waals surface area contributed by atoms with E-state index in [4.69, 9.17) is 0 Å². The molecule has 3 aromatic heterocycles. The molecule has 2 N–H and O–H groups in total. The van der Waals surface area contributed by atoms with Gasteiger partial charge in [0.05, 0.1) is 28.7 Å². The van der Waals surface area contributed by atoms with Gasteiger partial charge in [-0.25, -0.2) is 13.8 Å². The molecule has 0 unspecified atom stereocenters. The van der Waals surface area contributed by atoms with Gasteiger partial charge in [-0.1, -0.05) is 0 Å². The Kier molecular flexibility index (Phi) is 5.14. The summed E-state index contributed by atoms with van der Waals surface area (Å²) in [4.78, 5) is 28.1. The molecule has 10 heteroatoms. The summed E-state index contributed by atoms with van der Waals surface area (Å²) >= 11 is 0. The third-order valence-electron chi connectivity index (χ3n) is 5.52. The van der Waals surface area contributed by atoms with E-state index in [-0.39, 0.29) is 11.7 Å². The van der Waals surface area contributed by atoms with E-state index in [1.54, 1.807) is 37.6 Å². The second-order valence-electron chi connectivity index (χ2n) is 7.78. The van der Waals surface area contributed by atoms with Gasteiger partial charge in [0.2, 0.25) is 0 Å². The summed E-state index contributed by atoms with van der Waals surface area (Å²) in [6, 6.07) is 4.45. The van der Waals surface area contributed by atoms with Crippen molar-refractivity contribution in [1.29, 1.82) is 0 Å². The number of fused-ring (bicyclic) bond motifs is 2. The fourth-order valence-corrected chi connectivity index (χ4v) is 4.07. The minimum absolute atomic E-state index is 0.198. The van der Waals surface area contributed by atoms with Crippen molar-refractivity contribution in [3.05, 3.63) is 60.1 Å². The van der Waals surface area contributed by atoms with Crippen molar-refractivity contribution in [3.8, 4) is 0 Å². The molecule has 0 bridgehead atoms. The summed E-state index contributed by atoms with van der Waals surface area (Å²) in [6.07, 6.45) is 6.37. The van der Waals surface area contributed by atoms with Crippen LogP contribution in [0, 0.1) is 12.7 Å². The Balaban J connectivity index is 1.49. The number of aryl methyl sites for hydroxylation is 1. The molecule has 0 saturated carbocycles. The molecule has 1 aliphatic rings. The molecule has 0 radical (unpaired) electrons. The van der Waals surface area contributed by atoms with E-state index in [1.807, 2.05) is 4.90 Å². The molecule has 0 spiro atoms. The molecule has 0 aliphatic carbocycles. The highest BCUT2D eigenvalue weighted by molar-refractivity contribution is 6.13. The first kappa shape index (κ1) is 20.3. The second-order valence-corrected chi connectivity index (χ2v) is 7.78. The van der Waals surface area contributed by atoms with Gasteiger partial charge in [-0.05, 0) is 19.1 Å². The zero-order chi connectivity index (χ0) is 22.2. The summed E-state index contributed by atoms with van der Waals surface area (Å²) in [6.45, 7) is 3.15. The van der Waals surface area contributed by atoms with Gasteiger partial charge < -0.3 is 19.9 Å². The Labute approximate surface area is 182 Å². The smallest absolute Gasteiger partial charge is 0.257 e. The minimum Gasteiger partial charge on any atom is -0.367 e. The lowest BCUT2D eigenvalue weighted by Crippen LogP contribution is -2.51. The number of piperazine rings is 1. The third kappa shape index (κ3) is 3.62. The molecular formula is C22H21F2N7O. The van der Waals surface area contributed by atoms with E-state index in [1.165, 1.54) is 16.7 Å². The number of carbonyl (C=O) groups excluding carboxylic acids is 1. The van der Waals surface area contributed by atoms with E-state index in [9.17, 15) is 13.6 Å².